The first kappa shape index (κ1) is 23.9. The molecule has 0 bridgehead atoms. The van der Waals surface area contributed by atoms with E-state index in [2.05, 4.69) is 12.1 Å². The van der Waals surface area contributed by atoms with Crippen LogP contribution in [0.15, 0.2) is 126 Å². The molecule has 0 unspecified atom stereocenters. The predicted molar refractivity (Wildman–Crippen MR) is 173 cm³/mol. The Hall–Kier alpha value is -5.73. The zero-order valence-corrected chi connectivity index (χ0v) is 23.4. The molecule has 4 heterocycles. The van der Waals surface area contributed by atoms with Crippen molar-refractivity contribution in [3.8, 4) is 28.7 Å². The summed E-state index contributed by atoms with van der Waals surface area (Å²) in [6.45, 7) is 0. The third-order valence-electron chi connectivity index (χ3n) is 7.84. The molecule has 8 heteroatoms. The number of hydrogen-bond acceptors (Lipinski definition) is 6. The maximum absolute atomic E-state index is 14.3. The van der Waals surface area contributed by atoms with Crippen LogP contribution in [0.25, 0.3) is 76.6 Å². The lowest BCUT2D eigenvalue weighted by Gasteiger charge is -2.11. The van der Waals surface area contributed by atoms with Gasteiger partial charge in [0, 0.05) is 26.6 Å². The summed E-state index contributed by atoms with van der Waals surface area (Å²) >= 11 is 1.52. The second kappa shape index (κ2) is 9.14. The molecule has 0 amide bonds. The van der Waals surface area contributed by atoms with Gasteiger partial charge in [0.1, 0.15) is 0 Å². The van der Waals surface area contributed by atoms with Crippen molar-refractivity contribution in [2.45, 2.75) is 0 Å². The van der Waals surface area contributed by atoms with Gasteiger partial charge in [-0.25, -0.2) is 14.4 Å². The highest BCUT2D eigenvalue weighted by Crippen LogP contribution is 2.37. The number of para-hydroxylation sites is 3. The quantitative estimate of drug-likeness (QED) is 0.217. The molecular formula is C35H20N6OS. The predicted octanol–water partition coefficient (Wildman–Crippen LogP) is 7.68. The molecule has 9 rings (SSSR count). The van der Waals surface area contributed by atoms with Crippen molar-refractivity contribution in [1.82, 2.24) is 28.9 Å². The molecule has 5 aromatic carbocycles. The Labute approximate surface area is 248 Å². The van der Waals surface area contributed by atoms with Gasteiger partial charge < -0.3 is 0 Å². The Morgan fingerprint density at radius 2 is 1.16 bits per heavy atom. The lowest BCUT2D eigenvalue weighted by atomic mass is 10.1. The van der Waals surface area contributed by atoms with Gasteiger partial charge >= 0.3 is 0 Å². The molecule has 0 aliphatic carbocycles. The minimum absolute atomic E-state index is 0.0865. The molecule has 0 saturated carbocycles. The second-order valence-electron chi connectivity index (χ2n) is 10.3. The zero-order valence-electron chi connectivity index (χ0n) is 22.5. The summed E-state index contributed by atoms with van der Waals surface area (Å²) in [5.74, 6) is 1.65. The summed E-state index contributed by atoms with van der Waals surface area (Å²) < 4.78 is 4.66. The minimum Gasteiger partial charge on any atom is -0.278 e. The lowest BCUT2D eigenvalue weighted by molar-refractivity contribution is 0.953. The van der Waals surface area contributed by atoms with E-state index in [1.165, 1.54) is 11.3 Å². The molecule has 202 valence electrons. The van der Waals surface area contributed by atoms with Crippen LogP contribution >= 0.6 is 11.3 Å². The Morgan fingerprint density at radius 3 is 1.88 bits per heavy atom. The molecule has 43 heavy (non-hydrogen) atoms. The third-order valence-corrected chi connectivity index (χ3v) is 8.85. The third kappa shape index (κ3) is 3.57. The number of nitrogens with zero attached hydrogens (tertiary/aromatic N) is 6. The molecule has 0 radical (unpaired) electrons. The van der Waals surface area contributed by atoms with E-state index in [9.17, 15) is 4.79 Å². The van der Waals surface area contributed by atoms with Gasteiger partial charge in [0.15, 0.2) is 16.6 Å². The van der Waals surface area contributed by atoms with Crippen LogP contribution < -0.4 is 5.56 Å². The van der Waals surface area contributed by atoms with Crippen molar-refractivity contribution in [2.75, 3.05) is 0 Å². The van der Waals surface area contributed by atoms with Crippen molar-refractivity contribution in [3.05, 3.63) is 132 Å². The lowest BCUT2D eigenvalue weighted by Crippen LogP contribution is -2.12. The van der Waals surface area contributed by atoms with Crippen LogP contribution in [0, 0.1) is 0 Å². The van der Waals surface area contributed by atoms with Crippen molar-refractivity contribution < 1.29 is 0 Å². The molecule has 7 nitrogen and oxygen atoms in total. The Morgan fingerprint density at radius 1 is 0.535 bits per heavy atom. The Kier molecular flexibility index (Phi) is 5.08. The average molecular weight is 573 g/mol. The van der Waals surface area contributed by atoms with Crippen LogP contribution in [0.2, 0.25) is 0 Å². The molecule has 0 fully saturated rings. The molecule has 4 aromatic heterocycles. The zero-order chi connectivity index (χ0) is 28.5. The van der Waals surface area contributed by atoms with Crippen molar-refractivity contribution in [3.63, 3.8) is 0 Å². The molecule has 0 N–H and O–H groups in total. The van der Waals surface area contributed by atoms with Gasteiger partial charge in [-0.1, -0.05) is 102 Å². The van der Waals surface area contributed by atoms with Crippen molar-refractivity contribution in [1.29, 1.82) is 0 Å². The summed E-state index contributed by atoms with van der Waals surface area (Å²) in [6, 6.07) is 39.8. The number of rotatable bonds is 3. The average Bonchev–Trinajstić information content (AvgIpc) is 3.61. The summed E-state index contributed by atoms with van der Waals surface area (Å²) in [4.78, 5) is 34.6. The van der Waals surface area contributed by atoms with Crippen LogP contribution in [0.1, 0.15) is 0 Å². The first-order chi connectivity index (χ1) is 21.2. The first-order valence-corrected chi connectivity index (χ1v) is 14.7. The normalized spacial score (nSPS) is 11.8. The Balaban J connectivity index is 1.42. The summed E-state index contributed by atoms with van der Waals surface area (Å²) in [5, 5.41) is 2.49. The molecule has 0 aliphatic heterocycles. The van der Waals surface area contributed by atoms with Gasteiger partial charge in [-0.3, -0.25) is 9.36 Å². The van der Waals surface area contributed by atoms with E-state index < -0.39 is 0 Å². The van der Waals surface area contributed by atoms with Crippen molar-refractivity contribution >= 4 is 59.2 Å². The highest BCUT2D eigenvalue weighted by atomic mass is 32.1. The fourth-order valence-corrected chi connectivity index (χ4v) is 6.97. The molecule has 9 aromatic rings. The van der Waals surface area contributed by atoms with Gasteiger partial charge in [-0.05, 0) is 30.3 Å². The maximum Gasteiger partial charge on any atom is 0.266 e. The fraction of sp³-hybridized carbons (Fsp3) is 0. The summed E-state index contributed by atoms with van der Waals surface area (Å²) in [5.41, 5.74) is 5.08. The molecule has 0 saturated heterocycles. The number of hydrogen-bond donors (Lipinski definition) is 0. The minimum atomic E-state index is -0.0865. The van der Waals surface area contributed by atoms with Gasteiger partial charge in [-0.2, -0.15) is 9.97 Å². The SMILES string of the molecule is O=c1c2c(ccc3c2c2ccccc2n3-c2nc(-c3ccccc3)nc(-c3ccccc3)n2)sc2nc3ccccc3n12. The van der Waals surface area contributed by atoms with Crippen molar-refractivity contribution in [2.24, 2.45) is 0 Å². The highest BCUT2D eigenvalue weighted by molar-refractivity contribution is 7.23. The van der Waals surface area contributed by atoms with E-state index in [1.54, 1.807) is 4.40 Å². The van der Waals surface area contributed by atoms with E-state index in [1.807, 2.05) is 114 Å². The monoisotopic (exact) mass is 572 g/mol. The second-order valence-corrected chi connectivity index (χ2v) is 11.3. The molecule has 0 aliphatic rings. The van der Waals surface area contributed by atoms with Crippen LogP contribution in [0.3, 0.4) is 0 Å². The van der Waals surface area contributed by atoms with E-state index in [0.29, 0.717) is 27.9 Å². The first-order valence-electron chi connectivity index (χ1n) is 13.9. The Bertz CT molecular complexity index is 2530. The van der Waals surface area contributed by atoms with E-state index >= 15 is 0 Å². The smallest absolute Gasteiger partial charge is 0.266 e. The highest BCUT2D eigenvalue weighted by Gasteiger charge is 2.21. The number of aromatic nitrogens is 6. The maximum atomic E-state index is 14.3. The standard InChI is InChI=1S/C35H20N6OS/c42-33-30-28(43-35-36-24-16-8-10-18-26(24)41(33)35)20-19-27-29(30)23-15-7-9-17-25(23)40(27)34-38-31(21-11-3-1-4-12-21)37-32(39-34)22-13-5-2-6-14-22/h1-20H. The summed E-state index contributed by atoms with van der Waals surface area (Å²) in [6.07, 6.45) is 0. The van der Waals surface area contributed by atoms with E-state index in [-0.39, 0.29) is 5.56 Å². The molecule has 0 spiro atoms. The van der Waals surface area contributed by atoms with Gasteiger partial charge in [0.25, 0.3) is 5.56 Å². The van der Waals surface area contributed by atoms with E-state index in [0.717, 1.165) is 48.7 Å². The fourth-order valence-electron chi connectivity index (χ4n) is 5.93. The van der Waals surface area contributed by atoms with E-state index in [4.69, 9.17) is 19.9 Å². The molecular weight excluding hydrogens is 552 g/mol. The number of imidazole rings is 1. The largest absolute Gasteiger partial charge is 0.278 e. The number of benzene rings is 5. The van der Waals surface area contributed by atoms with Crippen LogP contribution in [-0.4, -0.2) is 28.9 Å². The molecule has 0 atom stereocenters. The van der Waals surface area contributed by atoms with Gasteiger partial charge in [-0.15, -0.1) is 0 Å². The van der Waals surface area contributed by atoms with Crippen LogP contribution in [0.5, 0.6) is 0 Å². The number of fused-ring (bicyclic) bond motifs is 8. The van der Waals surface area contributed by atoms with Crippen LogP contribution in [0.4, 0.5) is 0 Å². The van der Waals surface area contributed by atoms with Crippen LogP contribution in [-0.2, 0) is 0 Å². The van der Waals surface area contributed by atoms with Gasteiger partial charge in [0.05, 0.1) is 27.5 Å². The topological polar surface area (TPSA) is 78.0 Å². The van der Waals surface area contributed by atoms with Gasteiger partial charge in [0.2, 0.25) is 5.95 Å². The summed E-state index contributed by atoms with van der Waals surface area (Å²) in [7, 11) is 0.